The number of thiophene rings is 1. The van der Waals surface area contributed by atoms with Gasteiger partial charge in [-0.25, -0.2) is 4.98 Å². The van der Waals surface area contributed by atoms with Crippen molar-refractivity contribution in [1.82, 2.24) is 4.98 Å². The van der Waals surface area contributed by atoms with Gasteiger partial charge in [0.1, 0.15) is 0 Å². The minimum atomic E-state index is 0.775. The molecule has 0 atom stereocenters. The molecule has 0 bridgehead atoms. The van der Waals surface area contributed by atoms with Crippen LogP contribution in [0.1, 0.15) is 4.88 Å². The predicted octanol–water partition coefficient (Wildman–Crippen LogP) is 4.67. The molecule has 0 aliphatic rings. The van der Waals surface area contributed by atoms with E-state index >= 15 is 0 Å². The van der Waals surface area contributed by atoms with Gasteiger partial charge in [-0.2, -0.15) is 0 Å². The molecule has 0 saturated carbocycles. The van der Waals surface area contributed by atoms with Gasteiger partial charge in [-0.05, 0) is 30.3 Å². The van der Waals surface area contributed by atoms with Gasteiger partial charge >= 0.3 is 0 Å². The summed E-state index contributed by atoms with van der Waals surface area (Å²) in [4.78, 5) is 5.12. The van der Waals surface area contributed by atoms with E-state index in [1.807, 2.05) is 35.7 Å². The average Bonchev–Trinajstić information content (AvgIpc) is 3.08. The van der Waals surface area contributed by atoms with Gasteiger partial charge in [-0.15, -0.1) is 11.3 Å². The Labute approximate surface area is 119 Å². The Kier molecular flexibility index (Phi) is 3.53. The number of oxazole rings is 1. The summed E-state index contributed by atoms with van der Waals surface area (Å²) in [5, 5.41) is 6.08. The summed E-state index contributed by atoms with van der Waals surface area (Å²) in [5.41, 5.74) is 2.08. The second-order valence-electron chi connectivity index (χ2n) is 4.03. The van der Waals surface area contributed by atoms with Crippen molar-refractivity contribution in [2.24, 2.45) is 0 Å². The van der Waals surface area contributed by atoms with Crippen LogP contribution in [0, 0.1) is 0 Å². The number of anilines is 1. The summed E-state index contributed by atoms with van der Waals surface area (Å²) in [6.45, 7) is 0.777. The average molecular weight is 291 g/mol. The molecule has 3 rings (SSSR count). The van der Waals surface area contributed by atoms with E-state index in [1.165, 1.54) is 11.3 Å². The molecule has 3 nitrogen and oxygen atoms in total. The quantitative estimate of drug-likeness (QED) is 0.759. The van der Waals surface area contributed by atoms with Gasteiger partial charge in [0.15, 0.2) is 12.2 Å². The van der Waals surface area contributed by atoms with E-state index in [-0.39, 0.29) is 0 Å². The molecular weight excluding hydrogens is 280 g/mol. The van der Waals surface area contributed by atoms with Crippen LogP contribution in [-0.2, 0) is 6.54 Å². The van der Waals surface area contributed by atoms with Crippen molar-refractivity contribution in [1.29, 1.82) is 0 Å². The summed E-state index contributed by atoms with van der Waals surface area (Å²) < 4.78 is 5.25. The van der Waals surface area contributed by atoms with Crippen LogP contribution in [-0.4, -0.2) is 4.98 Å². The number of aromatic nitrogens is 1. The standard InChI is InChI=1S/C14H11ClN2OS/c15-11-5-13(19-8-11)6-17-12-3-1-10(2-4-12)14-7-16-9-18-14/h1-5,7-9,17H,6H2. The van der Waals surface area contributed by atoms with E-state index in [2.05, 4.69) is 10.3 Å². The lowest BCUT2D eigenvalue weighted by molar-refractivity contribution is 0.572. The molecule has 1 aromatic carbocycles. The summed E-state index contributed by atoms with van der Waals surface area (Å²) in [5.74, 6) is 0.775. The molecule has 0 fully saturated rings. The monoisotopic (exact) mass is 290 g/mol. The van der Waals surface area contributed by atoms with E-state index in [0.29, 0.717) is 0 Å². The number of benzene rings is 1. The molecule has 0 radical (unpaired) electrons. The van der Waals surface area contributed by atoms with E-state index in [1.54, 1.807) is 17.5 Å². The van der Waals surface area contributed by atoms with Crippen molar-refractivity contribution in [2.45, 2.75) is 6.54 Å². The molecule has 2 heterocycles. The van der Waals surface area contributed by atoms with Crippen LogP contribution < -0.4 is 5.32 Å². The van der Waals surface area contributed by atoms with Crippen LogP contribution in [0.4, 0.5) is 5.69 Å². The van der Waals surface area contributed by atoms with Gasteiger partial charge in [0.05, 0.1) is 11.2 Å². The van der Waals surface area contributed by atoms with Crippen molar-refractivity contribution >= 4 is 28.6 Å². The number of hydrogen-bond donors (Lipinski definition) is 1. The number of nitrogens with zero attached hydrogens (tertiary/aromatic N) is 1. The summed E-state index contributed by atoms with van der Waals surface area (Å²) >= 11 is 7.54. The third-order valence-electron chi connectivity index (χ3n) is 2.69. The predicted molar refractivity (Wildman–Crippen MR) is 78.6 cm³/mol. The van der Waals surface area contributed by atoms with Crippen LogP contribution in [0.15, 0.2) is 52.7 Å². The zero-order chi connectivity index (χ0) is 13.1. The second kappa shape index (κ2) is 5.47. The van der Waals surface area contributed by atoms with Crippen molar-refractivity contribution in [2.75, 3.05) is 5.32 Å². The van der Waals surface area contributed by atoms with Gasteiger partial charge in [0, 0.05) is 28.1 Å². The van der Waals surface area contributed by atoms with E-state index in [9.17, 15) is 0 Å². The van der Waals surface area contributed by atoms with Crippen LogP contribution in [0.25, 0.3) is 11.3 Å². The van der Waals surface area contributed by atoms with Crippen LogP contribution in [0.5, 0.6) is 0 Å². The highest BCUT2D eigenvalue weighted by Gasteiger charge is 2.02. The SMILES string of the molecule is Clc1csc(CNc2ccc(-c3cnco3)cc2)c1. The molecule has 5 heteroatoms. The second-order valence-corrected chi connectivity index (χ2v) is 5.46. The lowest BCUT2D eigenvalue weighted by Gasteiger charge is -2.05. The van der Waals surface area contributed by atoms with E-state index in [0.717, 1.165) is 28.6 Å². The number of halogens is 1. The Bertz CT molecular complexity index is 646. The molecule has 19 heavy (non-hydrogen) atoms. The van der Waals surface area contributed by atoms with E-state index in [4.69, 9.17) is 16.0 Å². The fourth-order valence-corrected chi connectivity index (χ4v) is 2.76. The maximum atomic E-state index is 5.89. The molecule has 0 amide bonds. The number of rotatable bonds is 4. The normalized spacial score (nSPS) is 10.6. The van der Waals surface area contributed by atoms with Gasteiger partial charge in [-0.1, -0.05) is 11.6 Å². The summed E-state index contributed by atoms with van der Waals surface area (Å²) in [6.07, 6.45) is 3.14. The molecule has 0 spiro atoms. The molecular formula is C14H11ClN2OS. The third kappa shape index (κ3) is 2.97. The Morgan fingerprint density at radius 1 is 1.26 bits per heavy atom. The first-order chi connectivity index (χ1) is 9.31. The fourth-order valence-electron chi connectivity index (χ4n) is 1.75. The highest BCUT2D eigenvalue weighted by atomic mass is 35.5. The first-order valence-electron chi connectivity index (χ1n) is 5.77. The molecule has 3 aromatic rings. The van der Waals surface area contributed by atoms with Crippen molar-refractivity contribution in [3.63, 3.8) is 0 Å². The van der Waals surface area contributed by atoms with Crippen molar-refractivity contribution in [3.8, 4) is 11.3 Å². The lowest BCUT2D eigenvalue weighted by atomic mass is 10.2. The molecule has 0 aliphatic carbocycles. The minimum Gasteiger partial charge on any atom is -0.444 e. The molecule has 96 valence electrons. The zero-order valence-electron chi connectivity index (χ0n) is 9.97. The smallest absolute Gasteiger partial charge is 0.181 e. The first kappa shape index (κ1) is 12.3. The number of nitrogens with one attached hydrogen (secondary N) is 1. The van der Waals surface area contributed by atoms with Gasteiger partial charge in [0.25, 0.3) is 0 Å². The Balaban J connectivity index is 1.66. The van der Waals surface area contributed by atoms with Crippen molar-refractivity contribution in [3.05, 3.63) is 58.2 Å². The molecule has 2 aromatic heterocycles. The Hall–Kier alpha value is -1.78. The van der Waals surface area contributed by atoms with Gasteiger partial charge in [0.2, 0.25) is 0 Å². The minimum absolute atomic E-state index is 0.775. The van der Waals surface area contributed by atoms with Crippen molar-refractivity contribution < 1.29 is 4.42 Å². The fraction of sp³-hybridized carbons (Fsp3) is 0.0714. The lowest BCUT2D eigenvalue weighted by Crippen LogP contribution is -1.96. The molecule has 0 unspecified atom stereocenters. The topological polar surface area (TPSA) is 38.1 Å². The largest absolute Gasteiger partial charge is 0.444 e. The van der Waals surface area contributed by atoms with E-state index < -0.39 is 0 Å². The summed E-state index contributed by atoms with van der Waals surface area (Å²) in [6, 6.07) is 10.0. The highest BCUT2D eigenvalue weighted by Crippen LogP contribution is 2.23. The first-order valence-corrected chi connectivity index (χ1v) is 7.03. The zero-order valence-corrected chi connectivity index (χ0v) is 11.5. The van der Waals surface area contributed by atoms with Gasteiger partial charge in [-0.3, -0.25) is 0 Å². The van der Waals surface area contributed by atoms with Gasteiger partial charge < -0.3 is 9.73 Å². The van der Waals surface area contributed by atoms with Crippen LogP contribution >= 0.6 is 22.9 Å². The molecule has 0 saturated heterocycles. The van der Waals surface area contributed by atoms with Crippen LogP contribution in [0.2, 0.25) is 5.02 Å². The molecule has 0 aliphatic heterocycles. The Morgan fingerprint density at radius 2 is 2.11 bits per heavy atom. The maximum Gasteiger partial charge on any atom is 0.181 e. The molecule has 1 N–H and O–H groups in total. The van der Waals surface area contributed by atoms with Crippen LogP contribution in [0.3, 0.4) is 0 Å². The summed E-state index contributed by atoms with van der Waals surface area (Å²) in [7, 11) is 0. The highest BCUT2D eigenvalue weighted by molar-refractivity contribution is 7.10. The maximum absolute atomic E-state index is 5.89. The Morgan fingerprint density at radius 3 is 2.74 bits per heavy atom. The number of hydrogen-bond acceptors (Lipinski definition) is 4. The third-order valence-corrected chi connectivity index (χ3v) is 3.97.